The van der Waals surface area contributed by atoms with Crippen LogP contribution in [0.25, 0.3) is 0 Å². The second-order valence-corrected chi connectivity index (χ2v) is 4.30. The number of aliphatic hydroxyl groups excluding tert-OH is 2. The molecule has 0 fully saturated rings. The van der Waals surface area contributed by atoms with Crippen molar-refractivity contribution in [3.05, 3.63) is 33.8 Å². The summed E-state index contributed by atoms with van der Waals surface area (Å²) in [7, 11) is 0. The molecule has 1 atom stereocenters. The van der Waals surface area contributed by atoms with Crippen LogP contribution in [0.4, 0.5) is 0 Å². The van der Waals surface area contributed by atoms with Gasteiger partial charge in [-0.15, -0.1) is 0 Å². The molecule has 0 saturated carbocycles. The topological polar surface area (TPSA) is 40.5 Å². The molecule has 0 aromatic heterocycles. The van der Waals surface area contributed by atoms with E-state index in [-0.39, 0.29) is 6.61 Å². The standard InChI is InChI=1S/C11H15BrO2/c1-8-4-5-9(12)7-10(8)11(14)3-2-6-13/h4-5,7,11,13-14H,2-3,6H2,1H3. The maximum absolute atomic E-state index is 9.82. The first-order chi connectivity index (χ1) is 6.65. The zero-order chi connectivity index (χ0) is 10.6. The molecule has 0 amide bonds. The molecule has 0 saturated heterocycles. The lowest BCUT2D eigenvalue weighted by molar-refractivity contribution is 0.151. The molecule has 0 bridgehead atoms. The number of hydrogen-bond donors (Lipinski definition) is 2. The largest absolute Gasteiger partial charge is 0.396 e. The van der Waals surface area contributed by atoms with Crippen molar-refractivity contribution >= 4 is 15.9 Å². The Morgan fingerprint density at radius 3 is 2.79 bits per heavy atom. The van der Waals surface area contributed by atoms with Crippen LogP contribution in [0.3, 0.4) is 0 Å². The fourth-order valence-electron chi connectivity index (χ4n) is 1.41. The maximum Gasteiger partial charge on any atom is 0.0793 e. The van der Waals surface area contributed by atoms with Crippen LogP contribution in [0.15, 0.2) is 22.7 Å². The highest BCUT2D eigenvalue weighted by Crippen LogP contribution is 2.25. The average molecular weight is 259 g/mol. The van der Waals surface area contributed by atoms with Gasteiger partial charge < -0.3 is 10.2 Å². The van der Waals surface area contributed by atoms with Crippen LogP contribution in [0.2, 0.25) is 0 Å². The van der Waals surface area contributed by atoms with Crippen molar-refractivity contribution in [2.24, 2.45) is 0 Å². The summed E-state index contributed by atoms with van der Waals surface area (Å²) < 4.78 is 0.973. The number of aryl methyl sites for hydroxylation is 1. The van der Waals surface area contributed by atoms with Gasteiger partial charge in [-0.05, 0) is 43.0 Å². The van der Waals surface area contributed by atoms with Gasteiger partial charge in [0.05, 0.1) is 6.10 Å². The fourth-order valence-corrected chi connectivity index (χ4v) is 1.79. The number of rotatable bonds is 4. The Bertz CT molecular complexity index is 299. The quantitative estimate of drug-likeness (QED) is 0.872. The van der Waals surface area contributed by atoms with Crippen molar-refractivity contribution in [2.45, 2.75) is 25.9 Å². The third-order valence-electron chi connectivity index (χ3n) is 2.24. The predicted octanol–water partition coefficient (Wildman–Crippen LogP) is 2.56. The first kappa shape index (κ1) is 11.7. The molecule has 0 aliphatic rings. The Balaban J connectivity index is 2.77. The second kappa shape index (κ2) is 5.49. The van der Waals surface area contributed by atoms with Gasteiger partial charge in [-0.1, -0.05) is 22.0 Å². The van der Waals surface area contributed by atoms with Gasteiger partial charge in [-0.2, -0.15) is 0 Å². The normalized spacial score (nSPS) is 12.9. The summed E-state index contributed by atoms with van der Waals surface area (Å²) in [5.74, 6) is 0. The minimum atomic E-state index is -0.473. The van der Waals surface area contributed by atoms with Crippen LogP contribution < -0.4 is 0 Å². The van der Waals surface area contributed by atoms with Crippen molar-refractivity contribution in [1.29, 1.82) is 0 Å². The molecule has 14 heavy (non-hydrogen) atoms. The highest BCUT2D eigenvalue weighted by molar-refractivity contribution is 9.10. The second-order valence-electron chi connectivity index (χ2n) is 3.38. The smallest absolute Gasteiger partial charge is 0.0793 e. The Hall–Kier alpha value is -0.380. The number of aliphatic hydroxyl groups is 2. The van der Waals surface area contributed by atoms with Gasteiger partial charge in [0.2, 0.25) is 0 Å². The highest BCUT2D eigenvalue weighted by atomic mass is 79.9. The van der Waals surface area contributed by atoms with Gasteiger partial charge in [-0.25, -0.2) is 0 Å². The first-order valence-corrected chi connectivity index (χ1v) is 5.49. The molecule has 0 heterocycles. The van der Waals surface area contributed by atoms with E-state index in [0.717, 1.165) is 15.6 Å². The molecule has 1 rings (SSSR count). The van der Waals surface area contributed by atoms with Crippen LogP contribution in [0, 0.1) is 6.92 Å². The van der Waals surface area contributed by atoms with E-state index in [1.807, 2.05) is 25.1 Å². The minimum absolute atomic E-state index is 0.129. The van der Waals surface area contributed by atoms with Gasteiger partial charge in [-0.3, -0.25) is 0 Å². The van der Waals surface area contributed by atoms with E-state index >= 15 is 0 Å². The lowest BCUT2D eigenvalue weighted by atomic mass is 10.0. The Labute approximate surface area is 92.7 Å². The molecule has 0 spiro atoms. The van der Waals surface area contributed by atoms with E-state index in [0.29, 0.717) is 12.8 Å². The van der Waals surface area contributed by atoms with E-state index in [1.165, 1.54) is 0 Å². The van der Waals surface area contributed by atoms with Crippen LogP contribution in [-0.4, -0.2) is 16.8 Å². The summed E-state index contributed by atoms with van der Waals surface area (Å²) in [6.45, 7) is 2.11. The lowest BCUT2D eigenvalue weighted by Crippen LogP contribution is -2.01. The Morgan fingerprint density at radius 2 is 2.14 bits per heavy atom. The minimum Gasteiger partial charge on any atom is -0.396 e. The average Bonchev–Trinajstić information content (AvgIpc) is 2.18. The summed E-state index contributed by atoms with van der Waals surface area (Å²) >= 11 is 3.37. The Morgan fingerprint density at radius 1 is 1.43 bits per heavy atom. The summed E-state index contributed by atoms with van der Waals surface area (Å²) in [6.07, 6.45) is 0.764. The summed E-state index contributed by atoms with van der Waals surface area (Å²) in [5, 5.41) is 18.5. The molecule has 0 aliphatic heterocycles. The molecule has 1 aromatic carbocycles. The van der Waals surface area contributed by atoms with Gasteiger partial charge in [0.1, 0.15) is 0 Å². The van der Waals surface area contributed by atoms with Crippen molar-refractivity contribution in [3.63, 3.8) is 0 Å². The monoisotopic (exact) mass is 258 g/mol. The maximum atomic E-state index is 9.82. The van der Waals surface area contributed by atoms with Crippen LogP contribution >= 0.6 is 15.9 Å². The number of hydrogen-bond acceptors (Lipinski definition) is 2. The summed E-state index contributed by atoms with van der Waals surface area (Å²) in [5.41, 5.74) is 2.02. The fraction of sp³-hybridized carbons (Fsp3) is 0.455. The lowest BCUT2D eigenvalue weighted by Gasteiger charge is -2.13. The molecule has 2 N–H and O–H groups in total. The Kier molecular flexibility index (Phi) is 4.58. The summed E-state index contributed by atoms with van der Waals surface area (Å²) in [6, 6.07) is 5.86. The van der Waals surface area contributed by atoms with Crippen LogP contribution in [0.1, 0.15) is 30.1 Å². The van der Waals surface area contributed by atoms with Crippen LogP contribution in [0.5, 0.6) is 0 Å². The highest BCUT2D eigenvalue weighted by Gasteiger charge is 2.09. The van der Waals surface area contributed by atoms with Crippen LogP contribution in [-0.2, 0) is 0 Å². The van der Waals surface area contributed by atoms with Crippen molar-refractivity contribution in [3.8, 4) is 0 Å². The van der Waals surface area contributed by atoms with Gasteiger partial charge in [0.25, 0.3) is 0 Å². The van der Waals surface area contributed by atoms with E-state index in [4.69, 9.17) is 5.11 Å². The van der Waals surface area contributed by atoms with Gasteiger partial charge >= 0.3 is 0 Å². The van der Waals surface area contributed by atoms with Crippen molar-refractivity contribution < 1.29 is 10.2 Å². The van der Waals surface area contributed by atoms with E-state index in [9.17, 15) is 5.11 Å². The molecule has 1 unspecified atom stereocenters. The van der Waals surface area contributed by atoms with E-state index in [2.05, 4.69) is 15.9 Å². The molecule has 2 nitrogen and oxygen atoms in total. The molecule has 1 aromatic rings. The number of halogens is 1. The predicted molar refractivity (Wildman–Crippen MR) is 60.2 cm³/mol. The van der Waals surface area contributed by atoms with Crippen molar-refractivity contribution in [2.75, 3.05) is 6.61 Å². The SMILES string of the molecule is Cc1ccc(Br)cc1C(O)CCCO. The third kappa shape index (κ3) is 3.08. The molecular weight excluding hydrogens is 244 g/mol. The third-order valence-corrected chi connectivity index (χ3v) is 2.73. The van der Waals surface area contributed by atoms with Crippen molar-refractivity contribution in [1.82, 2.24) is 0 Å². The molecule has 0 aliphatic carbocycles. The van der Waals surface area contributed by atoms with E-state index < -0.39 is 6.10 Å². The zero-order valence-electron chi connectivity index (χ0n) is 8.20. The molecular formula is C11H15BrO2. The van der Waals surface area contributed by atoms with Gasteiger partial charge in [0, 0.05) is 11.1 Å². The number of benzene rings is 1. The first-order valence-electron chi connectivity index (χ1n) is 4.70. The molecule has 0 radical (unpaired) electrons. The molecule has 3 heteroatoms. The molecule has 78 valence electrons. The van der Waals surface area contributed by atoms with E-state index in [1.54, 1.807) is 0 Å². The summed E-state index contributed by atoms with van der Waals surface area (Å²) in [4.78, 5) is 0. The zero-order valence-corrected chi connectivity index (χ0v) is 9.79. The van der Waals surface area contributed by atoms with Gasteiger partial charge in [0.15, 0.2) is 0 Å².